The molecule has 22 heavy (non-hydrogen) atoms. The largest absolute Gasteiger partial charge is 0.295 e. The third-order valence-electron chi connectivity index (χ3n) is 4.03. The quantitative estimate of drug-likeness (QED) is 0.747. The van der Waals surface area contributed by atoms with Crippen LogP contribution in [0.3, 0.4) is 0 Å². The first-order chi connectivity index (χ1) is 10.5. The Morgan fingerprint density at radius 2 is 1.64 bits per heavy atom. The Labute approximate surface area is 133 Å². The molecule has 3 nitrogen and oxygen atoms in total. The summed E-state index contributed by atoms with van der Waals surface area (Å²) in [5.74, 6) is 0. The van der Waals surface area contributed by atoms with E-state index in [9.17, 15) is 13.0 Å². The van der Waals surface area contributed by atoms with Crippen molar-refractivity contribution in [1.82, 2.24) is 0 Å². The molecular formula is C18H24O3S. The van der Waals surface area contributed by atoms with E-state index in [4.69, 9.17) is 0 Å². The molecule has 0 radical (unpaired) electrons. The Kier molecular flexibility index (Phi) is 5.59. The maximum Gasteiger partial charge on any atom is 0.295 e. The van der Waals surface area contributed by atoms with Crippen molar-refractivity contribution in [3.63, 3.8) is 0 Å². The topological polar surface area (TPSA) is 54.4 Å². The minimum atomic E-state index is -4.24. The molecule has 0 amide bonds. The standard InChI is InChI=1S/C18H24O3S/c1-3-5-9-14-13-15-10-7-8-12-17(15)18(22(19,20)21)16(14)11-6-4-2/h7-8,10,12-13H,3-6,9,11H2,1-2H3,(H,19,20,21). The number of unbranched alkanes of at least 4 members (excludes halogenated alkanes) is 2. The molecule has 0 aromatic heterocycles. The molecule has 2 aromatic carbocycles. The molecule has 120 valence electrons. The van der Waals surface area contributed by atoms with Gasteiger partial charge < -0.3 is 0 Å². The first kappa shape index (κ1) is 17.0. The summed E-state index contributed by atoms with van der Waals surface area (Å²) in [5.41, 5.74) is 1.86. The lowest BCUT2D eigenvalue weighted by Crippen LogP contribution is -2.08. The molecule has 0 heterocycles. The summed E-state index contributed by atoms with van der Waals surface area (Å²) in [6.07, 6.45) is 5.52. The molecule has 0 aliphatic heterocycles. The van der Waals surface area contributed by atoms with Crippen molar-refractivity contribution in [3.8, 4) is 0 Å². The van der Waals surface area contributed by atoms with Crippen molar-refractivity contribution in [2.45, 2.75) is 57.3 Å². The molecule has 2 rings (SSSR count). The van der Waals surface area contributed by atoms with Crippen LogP contribution in [-0.2, 0) is 23.0 Å². The second-order valence-corrected chi connectivity index (χ2v) is 7.11. The van der Waals surface area contributed by atoms with Gasteiger partial charge in [0.1, 0.15) is 4.90 Å². The fraction of sp³-hybridized carbons (Fsp3) is 0.444. The number of aryl methyl sites for hydroxylation is 1. The van der Waals surface area contributed by atoms with Gasteiger partial charge in [-0.1, -0.05) is 57.0 Å². The van der Waals surface area contributed by atoms with Crippen molar-refractivity contribution >= 4 is 20.9 Å². The summed E-state index contributed by atoms with van der Waals surface area (Å²) >= 11 is 0. The van der Waals surface area contributed by atoms with Crippen molar-refractivity contribution in [3.05, 3.63) is 41.5 Å². The minimum Gasteiger partial charge on any atom is -0.282 e. The molecule has 0 saturated carbocycles. The lowest BCUT2D eigenvalue weighted by molar-refractivity contribution is 0.482. The molecule has 2 aromatic rings. The lowest BCUT2D eigenvalue weighted by Gasteiger charge is -2.16. The highest BCUT2D eigenvalue weighted by Crippen LogP contribution is 2.32. The van der Waals surface area contributed by atoms with E-state index in [0.29, 0.717) is 11.8 Å². The van der Waals surface area contributed by atoms with E-state index in [1.165, 1.54) is 0 Å². The normalized spacial score (nSPS) is 12.0. The van der Waals surface area contributed by atoms with Crippen LogP contribution in [0.1, 0.15) is 50.7 Å². The van der Waals surface area contributed by atoms with Crippen molar-refractivity contribution < 1.29 is 13.0 Å². The summed E-state index contributed by atoms with van der Waals surface area (Å²) in [6.45, 7) is 4.20. The van der Waals surface area contributed by atoms with Crippen molar-refractivity contribution in [2.24, 2.45) is 0 Å². The Bertz CT molecular complexity index is 748. The molecule has 4 heteroatoms. The highest BCUT2D eigenvalue weighted by Gasteiger charge is 2.22. The summed E-state index contributed by atoms with van der Waals surface area (Å²) < 4.78 is 33.8. The van der Waals surface area contributed by atoms with E-state index in [2.05, 4.69) is 19.9 Å². The molecule has 0 aliphatic carbocycles. The van der Waals surface area contributed by atoms with E-state index in [1.807, 2.05) is 18.2 Å². The van der Waals surface area contributed by atoms with E-state index >= 15 is 0 Å². The SMILES string of the molecule is CCCCc1cc2ccccc2c(S(=O)(=O)O)c1CCCC. The monoisotopic (exact) mass is 320 g/mol. The van der Waals surface area contributed by atoms with E-state index < -0.39 is 10.1 Å². The van der Waals surface area contributed by atoms with Crippen LogP contribution in [-0.4, -0.2) is 13.0 Å². The molecule has 0 bridgehead atoms. The zero-order valence-electron chi connectivity index (χ0n) is 13.3. The lowest BCUT2D eigenvalue weighted by atomic mass is 9.94. The molecule has 0 unspecified atom stereocenters. The van der Waals surface area contributed by atoms with Crippen molar-refractivity contribution in [2.75, 3.05) is 0 Å². The second kappa shape index (κ2) is 7.25. The third kappa shape index (κ3) is 3.68. The highest BCUT2D eigenvalue weighted by atomic mass is 32.2. The zero-order chi connectivity index (χ0) is 16.2. The Morgan fingerprint density at radius 1 is 1.00 bits per heavy atom. The van der Waals surface area contributed by atoms with Crippen LogP contribution in [0, 0.1) is 0 Å². The van der Waals surface area contributed by atoms with Crippen LogP contribution in [0.2, 0.25) is 0 Å². The van der Waals surface area contributed by atoms with Crippen LogP contribution in [0.25, 0.3) is 10.8 Å². The number of hydrogen-bond acceptors (Lipinski definition) is 2. The molecule has 1 N–H and O–H groups in total. The van der Waals surface area contributed by atoms with E-state index in [1.54, 1.807) is 6.07 Å². The number of hydrogen-bond donors (Lipinski definition) is 1. The summed E-state index contributed by atoms with van der Waals surface area (Å²) in [4.78, 5) is 0.116. The number of rotatable bonds is 7. The van der Waals surface area contributed by atoms with Gasteiger partial charge in [-0.3, -0.25) is 4.55 Å². The smallest absolute Gasteiger partial charge is 0.282 e. The summed E-state index contributed by atoms with van der Waals surface area (Å²) in [6, 6.07) is 9.48. The maximum atomic E-state index is 12.0. The first-order valence-corrected chi connectivity index (χ1v) is 9.44. The highest BCUT2D eigenvalue weighted by molar-refractivity contribution is 7.86. The molecule has 0 fully saturated rings. The Hall–Kier alpha value is -1.39. The second-order valence-electron chi connectivity index (χ2n) is 5.75. The van der Waals surface area contributed by atoms with Gasteiger partial charge in [0.25, 0.3) is 10.1 Å². The van der Waals surface area contributed by atoms with E-state index in [-0.39, 0.29) is 4.90 Å². The molecule has 0 saturated heterocycles. The summed E-state index contributed by atoms with van der Waals surface area (Å²) in [5, 5.41) is 1.50. The van der Waals surface area contributed by atoms with E-state index in [0.717, 1.165) is 48.6 Å². The van der Waals surface area contributed by atoms with Crippen molar-refractivity contribution in [1.29, 1.82) is 0 Å². The predicted molar refractivity (Wildman–Crippen MR) is 91.0 cm³/mol. The Morgan fingerprint density at radius 3 is 2.27 bits per heavy atom. The van der Waals surface area contributed by atoms with Crippen LogP contribution in [0.4, 0.5) is 0 Å². The predicted octanol–water partition coefficient (Wildman–Crippen LogP) is 4.77. The average Bonchev–Trinajstić information content (AvgIpc) is 2.48. The van der Waals surface area contributed by atoms with Gasteiger partial charge in [0, 0.05) is 5.39 Å². The fourth-order valence-corrected chi connectivity index (χ4v) is 3.93. The minimum absolute atomic E-state index is 0.116. The molecular weight excluding hydrogens is 296 g/mol. The third-order valence-corrected chi connectivity index (χ3v) is 5.02. The van der Waals surface area contributed by atoms with Gasteiger partial charge in [0.15, 0.2) is 0 Å². The van der Waals surface area contributed by atoms with Crippen LogP contribution >= 0.6 is 0 Å². The maximum absolute atomic E-state index is 12.0. The van der Waals surface area contributed by atoms with Gasteiger partial charge in [0.05, 0.1) is 0 Å². The number of benzene rings is 2. The number of fused-ring (bicyclic) bond motifs is 1. The van der Waals surface area contributed by atoms with Crippen LogP contribution in [0.5, 0.6) is 0 Å². The first-order valence-electron chi connectivity index (χ1n) is 8.00. The van der Waals surface area contributed by atoms with Gasteiger partial charge in [-0.25, -0.2) is 0 Å². The van der Waals surface area contributed by atoms with Gasteiger partial charge >= 0.3 is 0 Å². The van der Waals surface area contributed by atoms with Gasteiger partial charge in [-0.05, 0) is 42.2 Å². The Balaban J connectivity index is 2.75. The molecule has 0 aliphatic rings. The average molecular weight is 320 g/mol. The van der Waals surface area contributed by atoms with Crippen LogP contribution in [0.15, 0.2) is 35.2 Å². The molecule has 0 spiro atoms. The van der Waals surface area contributed by atoms with Crippen LogP contribution < -0.4 is 0 Å². The van der Waals surface area contributed by atoms with Gasteiger partial charge in [0.2, 0.25) is 0 Å². The molecule has 0 atom stereocenters. The van der Waals surface area contributed by atoms with Gasteiger partial charge in [-0.15, -0.1) is 0 Å². The fourth-order valence-electron chi connectivity index (χ4n) is 2.93. The zero-order valence-corrected chi connectivity index (χ0v) is 14.1. The van der Waals surface area contributed by atoms with Gasteiger partial charge in [-0.2, -0.15) is 8.42 Å². The summed E-state index contributed by atoms with van der Waals surface area (Å²) in [7, 11) is -4.24.